The van der Waals surface area contributed by atoms with Gasteiger partial charge in [0.15, 0.2) is 0 Å². The van der Waals surface area contributed by atoms with Crippen LogP contribution in [0.4, 0.5) is 17.1 Å². The zero-order chi connectivity index (χ0) is 14.7. The van der Waals surface area contributed by atoms with Crippen LogP contribution in [0.2, 0.25) is 0 Å². The molecule has 0 saturated carbocycles. The summed E-state index contributed by atoms with van der Waals surface area (Å²) in [6.07, 6.45) is 4.78. The molecule has 21 heavy (non-hydrogen) atoms. The third-order valence-corrected chi connectivity index (χ3v) is 4.32. The van der Waals surface area contributed by atoms with Crippen LogP contribution >= 0.6 is 0 Å². The number of aliphatic hydroxyl groups excluding tert-OH is 1. The number of benzene rings is 1. The van der Waals surface area contributed by atoms with E-state index in [1.807, 2.05) is 0 Å². The van der Waals surface area contributed by atoms with Crippen molar-refractivity contribution in [1.29, 1.82) is 0 Å². The van der Waals surface area contributed by atoms with Crippen molar-refractivity contribution in [2.24, 2.45) is 0 Å². The first kappa shape index (κ1) is 14.2. The van der Waals surface area contributed by atoms with E-state index in [1.165, 1.54) is 25.7 Å². The van der Waals surface area contributed by atoms with Gasteiger partial charge in [0.05, 0.1) is 17.1 Å². The molecular weight excluding hydrogens is 266 g/mol. The topological polar surface area (TPSA) is 55.8 Å². The molecule has 2 heterocycles. The number of hydrogen-bond acceptors (Lipinski definition) is 4. The molecule has 0 spiro atoms. The van der Waals surface area contributed by atoms with Crippen molar-refractivity contribution in [3.05, 3.63) is 18.2 Å². The van der Waals surface area contributed by atoms with E-state index in [4.69, 9.17) is 5.11 Å². The molecule has 0 unspecified atom stereocenters. The highest BCUT2D eigenvalue weighted by atomic mass is 16.3. The predicted molar refractivity (Wildman–Crippen MR) is 85.1 cm³/mol. The van der Waals surface area contributed by atoms with Gasteiger partial charge >= 0.3 is 0 Å². The number of nitrogens with zero attached hydrogens (tertiary/aromatic N) is 2. The lowest BCUT2D eigenvalue weighted by molar-refractivity contribution is -0.118. The summed E-state index contributed by atoms with van der Waals surface area (Å²) < 4.78 is 0. The fourth-order valence-electron chi connectivity index (χ4n) is 3.28. The molecule has 0 atom stereocenters. The first-order valence-corrected chi connectivity index (χ1v) is 7.83. The third-order valence-electron chi connectivity index (χ3n) is 4.32. The molecule has 2 N–H and O–H groups in total. The van der Waals surface area contributed by atoms with Gasteiger partial charge < -0.3 is 20.2 Å². The van der Waals surface area contributed by atoms with Crippen LogP contribution < -0.4 is 15.1 Å². The van der Waals surface area contributed by atoms with E-state index >= 15 is 0 Å². The molecule has 0 bridgehead atoms. The SMILES string of the molecule is O=C(CO)Nc1c(N2CCCC2)cccc1N1CCCC1. The average Bonchev–Trinajstić information content (AvgIpc) is 3.20. The summed E-state index contributed by atoms with van der Waals surface area (Å²) in [4.78, 5) is 16.4. The summed E-state index contributed by atoms with van der Waals surface area (Å²) in [5.41, 5.74) is 3.03. The van der Waals surface area contributed by atoms with Crippen LogP contribution in [-0.4, -0.2) is 43.8 Å². The molecule has 1 amide bonds. The second-order valence-electron chi connectivity index (χ2n) is 5.77. The number of nitrogens with one attached hydrogen (secondary N) is 1. The Hall–Kier alpha value is -1.75. The summed E-state index contributed by atoms with van der Waals surface area (Å²) in [5.74, 6) is -0.345. The van der Waals surface area contributed by atoms with Gasteiger partial charge in [0, 0.05) is 26.2 Å². The van der Waals surface area contributed by atoms with Crippen molar-refractivity contribution < 1.29 is 9.90 Å². The minimum absolute atomic E-state index is 0.345. The maximum atomic E-state index is 11.7. The minimum atomic E-state index is -0.478. The van der Waals surface area contributed by atoms with Crippen LogP contribution in [0, 0.1) is 0 Å². The highest BCUT2D eigenvalue weighted by Gasteiger charge is 2.23. The number of carbonyl (C=O) groups is 1. The Morgan fingerprint density at radius 1 is 1.00 bits per heavy atom. The molecule has 2 aliphatic heterocycles. The van der Waals surface area contributed by atoms with Gasteiger partial charge in [-0.1, -0.05) is 6.07 Å². The lowest BCUT2D eigenvalue weighted by Gasteiger charge is -2.27. The number of anilines is 3. The quantitative estimate of drug-likeness (QED) is 0.888. The number of carbonyl (C=O) groups excluding carboxylic acids is 1. The maximum Gasteiger partial charge on any atom is 0.250 e. The van der Waals surface area contributed by atoms with Crippen molar-refractivity contribution in [2.75, 3.05) is 47.9 Å². The number of amides is 1. The second-order valence-corrected chi connectivity index (χ2v) is 5.77. The van der Waals surface area contributed by atoms with E-state index < -0.39 is 6.61 Å². The van der Waals surface area contributed by atoms with E-state index in [2.05, 4.69) is 33.3 Å². The number of rotatable bonds is 4. The molecule has 2 saturated heterocycles. The maximum absolute atomic E-state index is 11.7. The van der Waals surface area contributed by atoms with Crippen LogP contribution in [0.1, 0.15) is 25.7 Å². The van der Waals surface area contributed by atoms with Gasteiger partial charge in [-0.25, -0.2) is 0 Å². The Balaban J connectivity index is 1.97. The summed E-state index contributed by atoms with van der Waals surface area (Å²) in [6.45, 7) is 3.65. The molecular formula is C16H23N3O2. The number of hydrogen-bond donors (Lipinski definition) is 2. The fraction of sp³-hybridized carbons (Fsp3) is 0.562. The van der Waals surface area contributed by atoms with Gasteiger partial charge in [-0.05, 0) is 37.8 Å². The van der Waals surface area contributed by atoms with Crippen LogP contribution in [0.3, 0.4) is 0 Å². The largest absolute Gasteiger partial charge is 0.387 e. The first-order chi connectivity index (χ1) is 10.3. The molecule has 1 aromatic carbocycles. The summed E-state index contributed by atoms with van der Waals surface area (Å²) >= 11 is 0. The van der Waals surface area contributed by atoms with Crippen molar-refractivity contribution >= 4 is 23.0 Å². The van der Waals surface area contributed by atoms with Crippen LogP contribution in [0.15, 0.2) is 18.2 Å². The summed E-state index contributed by atoms with van der Waals surface area (Å²) in [6, 6.07) is 6.20. The lowest BCUT2D eigenvalue weighted by Crippen LogP contribution is -2.26. The van der Waals surface area contributed by atoms with Gasteiger partial charge in [-0.15, -0.1) is 0 Å². The summed E-state index contributed by atoms with van der Waals surface area (Å²) in [7, 11) is 0. The molecule has 114 valence electrons. The molecule has 2 fully saturated rings. The zero-order valence-electron chi connectivity index (χ0n) is 12.3. The van der Waals surface area contributed by atoms with E-state index in [9.17, 15) is 4.79 Å². The van der Waals surface area contributed by atoms with Crippen LogP contribution in [-0.2, 0) is 4.79 Å². The fourth-order valence-corrected chi connectivity index (χ4v) is 3.28. The standard InChI is InChI=1S/C16H23N3O2/c20-12-15(21)17-16-13(18-8-1-2-9-18)6-5-7-14(16)19-10-3-4-11-19/h5-7,20H,1-4,8-12H2,(H,17,21). The van der Waals surface area contributed by atoms with E-state index in [0.717, 1.165) is 43.2 Å². The Morgan fingerprint density at radius 2 is 1.48 bits per heavy atom. The normalized spacial score (nSPS) is 18.3. The number of para-hydroxylation sites is 1. The van der Waals surface area contributed by atoms with Gasteiger partial charge in [-0.3, -0.25) is 4.79 Å². The van der Waals surface area contributed by atoms with E-state index in [-0.39, 0.29) is 5.91 Å². The van der Waals surface area contributed by atoms with Gasteiger partial charge in [0.1, 0.15) is 6.61 Å². The monoisotopic (exact) mass is 289 g/mol. The van der Waals surface area contributed by atoms with Crippen LogP contribution in [0.5, 0.6) is 0 Å². The molecule has 0 aromatic heterocycles. The van der Waals surface area contributed by atoms with Crippen molar-refractivity contribution in [1.82, 2.24) is 0 Å². The Bertz CT molecular complexity index is 472. The molecule has 5 heteroatoms. The van der Waals surface area contributed by atoms with Gasteiger partial charge in [0.25, 0.3) is 0 Å². The van der Waals surface area contributed by atoms with Gasteiger partial charge in [0.2, 0.25) is 5.91 Å². The Morgan fingerprint density at radius 3 is 1.90 bits per heavy atom. The zero-order valence-corrected chi connectivity index (χ0v) is 12.3. The van der Waals surface area contributed by atoms with Gasteiger partial charge in [-0.2, -0.15) is 0 Å². The van der Waals surface area contributed by atoms with E-state index in [0.29, 0.717) is 0 Å². The summed E-state index contributed by atoms with van der Waals surface area (Å²) in [5, 5.41) is 12.0. The first-order valence-electron chi connectivity index (χ1n) is 7.83. The molecule has 2 aliphatic rings. The molecule has 1 aromatic rings. The predicted octanol–water partition coefficient (Wildman–Crippen LogP) is 1.82. The smallest absolute Gasteiger partial charge is 0.250 e. The molecule has 0 radical (unpaired) electrons. The minimum Gasteiger partial charge on any atom is -0.387 e. The van der Waals surface area contributed by atoms with Crippen molar-refractivity contribution in [3.8, 4) is 0 Å². The average molecular weight is 289 g/mol. The van der Waals surface area contributed by atoms with Crippen LogP contribution in [0.25, 0.3) is 0 Å². The number of aliphatic hydroxyl groups is 1. The lowest BCUT2D eigenvalue weighted by atomic mass is 10.2. The van der Waals surface area contributed by atoms with Crippen molar-refractivity contribution in [2.45, 2.75) is 25.7 Å². The molecule has 3 rings (SSSR count). The Kier molecular flexibility index (Phi) is 4.29. The second kappa shape index (κ2) is 6.35. The molecule has 0 aliphatic carbocycles. The third kappa shape index (κ3) is 2.97. The van der Waals surface area contributed by atoms with Crippen molar-refractivity contribution in [3.63, 3.8) is 0 Å². The highest BCUT2D eigenvalue weighted by Crippen LogP contribution is 2.38. The molecule has 5 nitrogen and oxygen atoms in total. The highest BCUT2D eigenvalue weighted by molar-refractivity contribution is 5.99. The Labute approximate surface area is 125 Å². The van der Waals surface area contributed by atoms with E-state index in [1.54, 1.807) is 0 Å².